The summed E-state index contributed by atoms with van der Waals surface area (Å²) < 4.78 is 10.8. The zero-order chi connectivity index (χ0) is 18.5. The van der Waals surface area contributed by atoms with Gasteiger partial charge in [-0.1, -0.05) is 55.8 Å². The average molecular weight is 372 g/mol. The summed E-state index contributed by atoms with van der Waals surface area (Å²) in [6.45, 7) is 6.05. The fraction of sp³-hybridized carbons (Fsp3) is 0.409. The van der Waals surface area contributed by atoms with Gasteiger partial charge in [-0.05, 0) is 47.9 Å². The van der Waals surface area contributed by atoms with E-state index in [1.165, 1.54) is 5.56 Å². The molecular weight excluding hydrogens is 346 g/mol. The van der Waals surface area contributed by atoms with Crippen LogP contribution in [0.3, 0.4) is 0 Å². The number of aromatic nitrogens is 1. The summed E-state index contributed by atoms with van der Waals surface area (Å²) in [6.07, 6.45) is 4.42. The van der Waals surface area contributed by atoms with Crippen LogP contribution >= 0.6 is 11.6 Å². The highest BCUT2D eigenvalue weighted by Crippen LogP contribution is 2.31. The van der Waals surface area contributed by atoms with Crippen LogP contribution in [-0.2, 0) is 4.74 Å². The van der Waals surface area contributed by atoms with E-state index in [4.69, 9.17) is 21.1 Å². The van der Waals surface area contributed by atoms with Crippen molar-refractivity contribution in [3.8, 4) is 5.88 Å². The Kier molecular flexibility index (Phi) is 6.33. The molecule has 0 atom stereocenters. The van der Waals surface area contributed by atoms with Crippen molar-refractivity contribution in [3.05, 3.63) is 64.3 Å². The number of rotatable bonds is 5. The Labute approximate surface area is 161 Å². The number of halogens is 1. The monoisotopic (exact) mass is 371 g/mol. The number of allylic oxidation sites excluding steroid dienone is 1. The third-order valence-electron chi connectivity index (χ3n) is 4.84. The molecule has 26 heavy (non-hydrogen) atoms. The zero-order valence-electron chi connectivity index (χ0n) is 15.7. The van der Waals surface area contributed by atoms with Gasteiger partial charge in [0, 0.05) is 18.8 Å². The largest absolute Gasteiger partial charge is 0.480 e. The SMILES string of the molecule is COc1nc(/C(=C\C2CCOCC2)c2ccc(C(C)C)cc2)ccc1Cl. The van der Waals surface area contributed by atoms with Crippen LogP contribution in [0.1, 0.15) is 49.4 Å². The molecule has 0 saturated carbocycles. The maximum Gasteiger partial charge on any atom is 0.232 e. The van der Waals surface area contributed by atoms with E-state index in [9.17, 15) is 0 Å². The third-order valence-corrected chi connectivity index (χ3v) is 5.13. The van der Waals surface area contributed by atoms with Crippen molar-refractivity contribution in [2.24, 2.45) is 5.92 Å². The van der Waals surface area contributed by atoms with E-state index in [1.807, 2.05) is 12.1 Å². The van der Waals surface area contributed by atoms with Gasteiger partial charge in [0.25, 0.3) is 0 Å². The molecule has 3 rings (SSSR count). The number of methoxy groups -OCH3 is 1. The Bertz CT molecular complexity index is 762. The standard InChI is InChI=1S/C22H26ClNO2/c1-15(2)17-4-6-18(7-5-17)19(14-16-10-12-26-13-11-16)21-9-8-20(23)22(24-21)25-3/h4-9,14-16H,10-13H2,1-3H3/b19-14-. The second kappa shape index (κ2) is 8.70. The summed E-state index contributed by atoms with van der Waals surface area (Å²) >= 11 is 6.17. The highest BCUT2D eigenvalue weighted by Gasteiger charge is 2.16. The first-order chi connectivity index (χ1) is 12.6. The van der Waals surface area contributed by atoms with E-state index in [1.54, 1.807) is 7.11 Å². The van der Waals surface area contributed by atoms with Crippen molar-refractivity contribution in [3.63, 3.8) is 0 Å². The van der Waals surface area contributed by atoms with Crippen molar-refractivity contribution in [2.75, 3.05) is 20.3 Å². The predicted octanol–water partition coefficient (Wildman–Crippen LogP) is 5.73. The molecule has 0 aliphatic carbocycles. The first-order valence-electron chi connectivity index (χ1n) is 9.19. The molecule has 3 nitrogen and oxygen atoms in total. The normalized spacial score (nSPS) is 16.1. The summed E-state index contributed by atoms with van der Waals surface area (Å²) in [5, 5.41) is 0.525. The molecule has 0 bridgehead atoms. The molecule has 1 aromatic carbocycles. The van der Waals surface area contributed by atoms with Crippen LogP contribution < -0.4 is 4.74 Å². The first-order valence-corrected chi connectivity index (χ1v) is 9.57. The lowest BCUT2D eigenvalue weighted by Crippen LogP contribution is -2.14. The number of benzene rings is 1. The Morgan fingerprint density at radius 1 is 1.15 bits per heavy atom. The molecule has 4 heteroatoms. The lowest BCUT2D eigenvalue weighted by molar-refractivity contribution is 0.0786. The lowest BCUT2D eigenvalue weighted by Gasteiger charge is -2.21. The Balaban J connectivity index is 2.02. The van der Waals surface area contributed by atoms with Crippen LogP contribution in [0.4, 0.5) is 0 Å². The van der Waals surface area contributed by atoms with Gasteiger partial charge in [0.2, 0.25) is 5.88 Å². The minimum atomic E-state index is 0.459. The van der Waals surface area contributed by atoms with E-state index < -0.39 is 0 Å². The van der Waals surface area contributed by atoms with Crippen LogP contribution in [0.5, 0.6) is 5.88 Å². The van der Waals surface area contributed by atoms with E-state index in [-0.39, 0.29) is 0 Å². The smallest absolute Gasteiger partial charge is 0.232 e. The van der Waals surface area contributed by atoms with E-state index in [0.29, 0.717) is 22.7 Å². The lowest BCUT2D eigenvalue weighted by atomic mass is 9.91. The van der Waals surface area contributed by atoms with E-state index in [0.717, 1.165) is 42.9 Å². The number of hydrogen-bond acceptors (Lipinski definition) is 3. The van der Waals surface area contributed by atoms with Crippen LogP contribution in [0, 0.1) is 5.92 Å². The van der Waals surface area contributed by atoms with Crippen LogP contribution in [-0.4, -0.2) is 25.3 Å². The molecule has 1 aliphatic rings. The van der Waals surface area contributed by atoms with Crippen molar-refractivity contribution < 1.29 is 9.47 Å². The van der Waals surface area contributed by atoms with E-state index in [2.05, 4.69) is 49.2 Å². The van der Waals surface area contributed by atoms with Gasteiger partial charge in [-0.3, -0.25) is 0 Å². The topological polar surface area (TPSA) is 31.4 Å². The van der Waals surface area contributed by atoms with Gasteiger partial charge in [-0.2, -0.15) is 0 Å². The minimum Gasteiger partial charge on any atom is -0.480 e. The number of pyridine rings is 1. The maximum atomic E-state index is 6.17. The summed E-state index contributed by atoms with van der Waals surface area (Å²) in [5.41, 5.74) is 4.51. The summed E-state index contributed by atoms with van der Waals surface area (Å²) in [4.78, 5) is 4.64. The molecular formula is C22H26ClNO2. The summed E-state index contributed by atoms with van der Waals surface area (Å²) in [5.74, 6) is 1.47. The van der Waals surface area contributed by atoms with Gasteiger partial charge >= 0.3 is 0 Å². The summed E-state index contributed by atoms with van der Waals surface area (Å²) in [6, 6.07) is 12.6. The van der Waals surface area contributed by atoms with Crippen molar-refractivity contribution in [2.45, 2.75) is 32.6 Å². The van der Waals surface area contributed by atoms with Crippen LogP contribution in [0.15, 0.2) is 42.5 Å². The fourth-order valence-electron chi connectivity index (χ4n) is 3.21. The molecule has 0 unspecified atom stereocenters. The second-order valence-electron chi connectivity index (χ2n) is 6.99. The predicted molar refractivity (Wildman–Crippen MR) is 107 cm³/mol. The second-order valence-corrected chi connectivity index (χ2v) is 7.40. The maximum absolute atomic E-state index is 6.17. The summed E-state index contributed by atoms with van der Waals surface area (Å²) in [7, 11) is 1.59. The molecule has 0 N–H and O–H groups in total. The van der Waals surface area contributed by atoms with Gasteiger partial charge < -0.3 is 9.47 Å². The van der Waals surface area contributed by atoms with Gasteiger partial charge in [-0.15, -0.1) is 0 Å². The Morgan fingerprint density at radius 2 is 1.85 bits per heavy atom. The van der Waals surface area contributed by atoms with Crippen LogP contribution in [0.2, 0.25) is 5.02 Å². The Morgan fingerprint density at radius 3 is 2.46 bits per heavy atom. The van der Waals surface area contributed by atoms with Gasteiger partial charge in [-0.25, -0.2) is 4.98 Å². The van der Waals surface area contributed by atoms with Gasteiger partial charge in [0.05, 0.1) is 12.8 Å². The molecule has 1 aromatic heterocycles. The van der Waals surface area contributed by atoms with Gasteiger partial charge in [0.1, 0.15) is 5.02 Å². The first kappa shape index (κ1) is 18.9. The highest BCUT2D eigenvalue weighted by atomic mass is 35.5. The van der Waals surface area contributed by atoms with Crippen molar-refractivity contribution in [1.29, 1.82) is 0 Å². The number of ether oxygens (including phenoxy) is 2. The van der Waals surface area contributed by atoms with Crippen LogP contribution in [0.25, 0.3) is 5.57 Å². The molecule has 0 amide bonds. The number of nitrogens with zero attached hydrogens (tertiary/aromatic N) is 1. The molecule has 1 fully saturated rings. The van der Waals surface area contributed by atoms with Gasteiger partial charge in [0.15, 0.2) is 0 Å². The molecule has 1 aliphatic heterocycles. The highest BCUT2D eigenvalue weighted by molar-refractivity contribution is 6.31. The third kappa shape index (κ3) is 4.46. The molecule has 0 spiro atoms. The molecule has 138 valence electrons. The van der Waals surface area contributed by atoms with Crippen molar-refractivity contribution in [1.82, 2.24) is 4.98 Å². The quantitative estimate of drug-likeness (QED) is 0.673. The van der Waals surface area contributed by atoms with Crippen molar-refractivity contribution >= 4 is 17.2 Å². The average Bonchev–Trinajstić information content (AvgIpc) is 2.67. The van der Waals surface area contributed by atoms with E-state index >= 15 is 0 Å². The Hall–Kier alpha value is -1.84. The minimum absolute atomic E-state index is 0.459. The molecule has 2 aromatic rings. The zero-order valence-corrected chi connectivity index (χ0v) is 16.4. The molecule has 1 saturated heterocycles. The molecule has 0 radical (unpaired) electrons. The molecule has 2 heterocycles. The fourth-order valence-corrected chi connectivity index (χ4v) is 3.39. The number of hydrogen-bond donors (Lipinski definition) is 0.